The molecule has 2 N–H and O–H groups in total. The van der Waals surface area contributed by atoms with Crippen molar-refractivity contribution in [3.8, 4) is 5.75 Å². The number of aromatic nitrogens is 1. The predicted octanol–water partition coefficient (Wildman–Crippen LogP) is 2.68. The summed E-state index contributed by atoms with van der Waals surface area (Å²) in [6, 6.07) is 3.76. The van der Waals surface area contributed by atoms with Gasteiger partial charge in [-0.15, -0.1) is 24.0 Å². The maximum Gasteiger partial charge on any atom is 0.191 e. The van der Waals surface area contributed by atoms with Gasteiger partial charge in [0.25, 0.3) is 0 Å². The number of nitrogens with zero attached hydrogens (tertiary/aromatic N) is 2. The molecular formula is C15H27IN4O. The molecule has 0 aromatic carbocycles. The Balaban J connectivity index is 0.00000400. The van der Waals surface area contributed by atoms with Gasteiger partial charge in [-0.3, -0.25) is 9.98 Å². The van der Waals surface area contributed by atoms with Crippen LogP contribution < -0.4 is 15.4 Å². The van der Waals surface area contributed by atoms with Gasteiger partial charge in [-0.25, -0.2) is 0 Å². The van der Waals surface area contributed by atoms with E-state index in [2.05, 4.69) is 34.5 Å². The van der Waals surface area contributed by atoms with E-state index >= 15 is 0 Å². The van der Waals surface area contributed by atoms with E-state index in [4.69, 9.17) is 4.74 Å². The molecule has 0 fully saturated rings. The monoisotopic (exact) mass is 406 g/mol. The summed E-state index contributed by atoms with van der Waals surface area (Å²) in [7, 11) is 1.78. The summed E-state index contributed by atoms with van der Waals surface area (Å²) in [5.41, 5.74) is 0. The van der Waals surface area contributed by atoms with E-state index in [9.17, 15) is 0 Å². The summed E-state index contributed by atoms with van der Waals surface area (Å²) in [5.74, 6) is 2.31. The van der Waals surface area contributed by atoms with Crippen molar-refractivity contribution in [2.75, 3.05) is 26.7 Å². The Kier molecular flexibility index (Phi) is 12.0. The molecular weight excluding hydrogens is 379 g/mol. The lowest BCUT2D eigenvalue weighted by molar-refractivity contribution is 0.320. The third-order valence-corrected chi connectivity index (χ3v) is 3.23. The van der Waals surface area contributed by atoms with Crippen molar-refractivity contribution < 1.29 is 4.74 Å². The largest absolute Gasteiger partial charge is 0.490 e. The molecule has 1 rings (SSSR count). The van der Waals surface area contributed by atoms with Gasteiger partial charge in [-0.05, 0) is 18.1 Å². The third-order valence-electron chi connectivity index (χ3n) is 3.23. The summed E-state index contributed by atoms with van der Waals surface area (Å²) < 4.78 is 5.56. The van der Waals surface area contributed by atoms with Crippen molar-refractivity contribution in [3.63, 3.8) is 0 Å². The second-order valence-corrected chi connectivity index (χ2v) is 4.60. The second kappa shape index (κ2) is 12.7. The Morgan fingerprint density at radius 3 is 2.67 bits per heavy atom. The van der Waals surface area contributed by atoms with Crippen LogP contribution in [0.5, 0.6) is 5.75 Å². The van der Waals surface area contributed by atoms with Gasteiger partial charge in [0.1, 0.15) is 12.4 Å². The second-order valence-electron chi connectivity index (χ2n) is 4.60. The zero-order valence-electron chi connectivity index (χ0n) is 13.1. The van der Waals surface area contributed by atoms with E-state index in [1.807, 2.05) is 12.1 Å². The Hall–Kier alpha value is -1.05. The van der Waals surface area contributed by atoms with Gasteiger partial charge in [0, 0.05) is 19.8 Å². The Bertz CT molecular complexity index is 383. The maximum atomic E-state index is 5.56. The maximum absolute atomic E-state index is 5.56. The predicted molar refractivity (Wildman–Crippen MR) is 98.6 cm³/mol. The smallest absolute Gasteiger partial charge is 0.191 e. The van der Waals surface area contributed by atoms with Crippen LogP contribution in [-0.4, -0.2) is 37.7 Å². The number of nitrogens with one attached hydrogen (secondary N) is 2. The number of hydrogen-bond acceptors (Lipinski definition) is 3. The van der Waals surface area contributed by atoms with Crippen molar-refractivity contribution >= 4 is 29.9 Å². The molecule has 0 bridgehead atoms. The van der Waals surface area contributed by atoms with Crippen LogP contribution in [0.1, 0.15) is 26.7 Å². The van der Waals surface area contributed by atoms with E-state index in [1.165, 1.54) is 12.8 Å². The first-order chi connectivity index (χ1) is 9.80. The van der Waals surface area contributed by atoms with Crippen molar-refractivity contribution in [1.82, 2.24) is 15.6 Å². The summed E-state index contributed by atoms with van der Waals surface area (Å²) >= 11 is 0. The average Bonchev–Trinajstić information content (AvgIpc) is 2.51. The van der Waals surface area contributed by atoms with E-state index in [0.717, 1.165) is 18.3 Å². The molecule has 0 saturated carbocycles. The minimum absolute atomic E-state index is 0. The molecule has 5 nitrogen and oxygen atoms in total. The summed E-state index contributed by atoms with van der Waals surface area (Å²) in [4.78, 5) is 8.20. The number of ether oxygens (including phenoxy) is 1. The highest BCUT2D eigenvalue weighted by molar-refractivity contribution is 14.0. The molecule has 0 radical (unpaired) electrons. The number of hydrogen-bond donors (Lipinski definition) is 2. The molecule has 120 valence electrons. The normalized spacial score (nSPS) is 11.0. The number of guanidine groups is 1. The Labute approximate surface area is 145 Å². The number of aliphatic imine (C=N–C) groups is 1. The fourth-order valence-electron chi connectivity index (χ4n) is 1.81. The topological polar surface area (TPSA) is 58.5 Å². The SMILES string of the molecule is CCC(CC)CNC(=NC)NCCOc1cccnc1.I. The molecule has 1 heterocycles. The van der Waals surface area contributed by atoms with E-state index in [-0.39, 0.29) is 24.0 Å². The molecule has 21 heavy (non-hydrogen) atoms. The van der Waals surface area contributed by atoms with Gasteiger partial charge in [0.2, 0.25) is 0 Å². The standard InChI is InChI=1S/C15H26N4O.HI/c1-4-13(5-2)11-19-15(16-3)18-9-10-20-14-7-6-8-17-12-14;/h6-8,12-13H,4-5,9-11H2,1-3H3,(H2,16,18,19);1H. The van der Waals surface area contributed by atoms with E-state index in [0.29, 0.717) is 19.1 Å². The van der Waals surface area contributed by atoms with E-state index < -0.39 is 0 Å². The number of pyridine rings is 1. The molecule has 0 aliphatic carbocycles. The highest BCUT2D eigenvalue weighted by Gasteiger charge is 2.04. The van der Waals surface area contributed by atoms with Crippen LogP contribution in [0.4, 0.5) is 0 Å². The molecule has 6 heteroatoms. The molecule has 1 aromatic rings. The van der Waals surface area contributed by atoms with E-state index in [1.54, 1.807) is 19.4 Å². The van der Waals surface area contributed by atoms with Crippen LogP contribution in [-0.2, 0) is 0 Å². The molecule has 0 atom stereocenters. The van der Waals surface area contributed by atoms with Gasteiger partial charge in [0.05, 0.1) is 12.7 Å². The highest BCUT2D eigenvalue weighted by Crippen LogP contribution is 2.05. The molecule has 0 amide bonds. The zero-order chi connectivity index (χ0) is 14.6. The summed E-state index contributed by atoms with van der Waals surface area (Å²) in [5, 5.41) is 6.58. The van der Waals surface area contributed by atoms with Gasteiger partial charge in [-0.1, -0.05) is 26.7 Å². The molecule has 0 aliphatic rings. The minimum Gasteiger partial charge on any atom is -0.490 e. The van der Waals surface area contributed by atoms with Crippen LogP contribution in [0.15, 0.2) is 29.5 Å². The third kappa shape index (κ3) is 8.75. The number of halogens is 1. The minimum atomic E-state index is 0. The first-order valence-electron chi connectivity index (χ1n) is 7.27. The van der Waals surface area contributed by atoms with Gasteiger partial charge in [0.15, 0.2) is 5.96 Å². The molecule has 0 spiro atoms. The van der Waals surface area contributed by atoms with Crippen LogP contribution >= 0.6 is 24.0 Å². The number of rotatable bonds is 8. The molecule has 0 aliphatic heterocycles. The van der Waals surface area contributed by atoms with Crippen LogP contribution in [0.2, 0.25) is 0 Å². The van der Waals surface area contributed by atoms with Crippen molar-refractivity contribution in [1.29, 1.82) is 0 Å². The lowest BCUT2D eigenvalue weighted by Crippen LogP contribution is -2.41. The Morgan fingerprint density at radius 1 is 1.33 bits per heavy atom. The quantitative estimate of drug-likeness (QED) is 0.302. The zero-order valence-corrected chi connectivity index (χ0v) is 15.5. The van der Waals surface area contributed by atoms with Crippen LogP contribution in [0.3, 0.4) is 0 Å². The highest BCUT2D eigenvalue weighted by atomic mass is 127. The molecule has 0 unspecified atom stereocenters. The van der Waals surface area contributed by atoms with Gasteiger partial charge >= 0.3 is 0 Å². The van der Waals surface area contributed by atoms with Gasteiger partial charge in [-0.2, -0.15) is 0 Å². The first kappa shape index (κ1) is 19.9. The molecule has 0 saturated heterocycles. The van der Waals surface area contributed by atoms with Crippen LogP contribution in [0.25, 0.3) is 0 Å². The van der Waals surface area contributed by atoms with Crippen molar-refractivity contribution in [2.45, 2.75) is 26.7 Å². The van der Waals surface area contributed by atoms with Gasteiger partial charge < -0.3 is 15.4 Å². The average molecular weight is 406 g/mol. The summed E-state index contributed by atoms with van der Waals surface area (Å²) in [6.07, 6.45) is 5.81. The van der Waals surface area contributed by atoms with Crippen molar-refractivity contribution in [3.05, 3.63) is 24.5 Å². The van der Waals surface area contributed by atoms with Crippen molar-refractivity contribution in [2.24, 2.45) is 10.9 Å². The lowest BCUT2D eigenvalue weighted by atomic mass is 10.0. The first-order valence-corrected chi connectivity index (χ1v) is 7.27. The Morgan fingerprint density at radius 2 is 2.10 bits per heavy atom. The fraction of sp³-hybridized carbons (Fsp3) is 0.600. The summed E-state index contributed by atoms with van der Waals surface area (Å²) in [6.45, 7) is 6.67. The fourth-order valence-corrected chi connectivity index (χ4v) is 1.81. The lowest BCUT2D eigenvalue weighted by Gasteiger charge is -2.16. The van der Waals surface area contributed by atoms with Crippen LogP contribution in [0, 0.1) is 5.92 Å². The molecule has 1 aromatic heterocycles.